The summed E-state index contributed by atoms with van der Waals surface area (Å²) in [4.78, 5) is 25.8. The second-order valence-electron chi connectivity index (χ2n) is 5.28. The van der Waals surface area contributed by atoms with Crippen LogP contribution in [0.25, 0.3) is 0 Å². The fourth-order valence-electron chi connectivity index (χ4n) is 2.46. The van der Waals surface area contributed by atoms with Crippen LogP contribution < -0.4 is 5.32 Å². The maximum atomic E-state index is 12.2. The van der Waals surface area contributed by atoms with Gasteiger partial charge in [0.1, 0.15) is 0 Å². The van der Waals surface area contributed by atoms with E-state index in [1.807, 2.05) is 11.0 Å². The number of nitrogens with zero attached hydrogens (tertiary/aromatic N) is 1. The highest BCUT2D eigenvalue weighted by atomic mass is 79.9. The molecule has 0 bridgehead atoms. The first kappa shape index (κ1) is 17.9. The third kappa shape index (κ3) is 5.00. The Morgan fingerprint density at radius 2 is 2.09 bits per heavy atom. The van der Waals surface area contributed by atoms with Gasteiger partial charge in [0.2, 0.25) is 0 Å². The van der Waals surface area contributed by atoms with Gasteiger partial charge in [-0.3, -0.25) is 14.9 Å². The molecule has 5 nitrogen and oxygen atoms in total. The van der Waals surface area contributed by atoms with Gasteiger partial charge in [-0.2, -0.15) is 0 Å². The van der Waals surface area contributed by atoms with Gasteiger partial charge in [0.05, 0.1) is 12.5 Å². The third-order valence-electron chi connectivity index (χ3n) is 3.71. The first-order valence-electron chi connectivity index (χ1n) is 7.53. The number of esters is 1. The minimum Gasteiger partial charge on any atom is -0.466 e. The number of carbonyl (C=O) groups is 2. The highest BCUT2D eigenvalue weighted by molar-refractivity contribution is 9.10. The molecule has 1 N–H and O–H groups in total. The van der Waals surface area contributed by atoms with Crippen molar-refractivity contribution in [1.29, 1.82) is 0 Å². The van der Waals surface area contributed by atoms with Gasteiger partial charge in [-0.1, -0.05) is 22.0 Å². The minimum atomic E-state index is -0.233. The average Bonchev–Trinajstić information content (AvgIpc) is 2.55. The zero-order valence-electron chi connectivity index (χ0n) is 12.9. The molecule has 7 heteroatoms. The standard InChI is InChI=1S/C16H19BrN2O3S/c1-2-22-15(21)11-6-8-19(9-7-11)16(23)18-14(20)12-4-3-5-13(17)10-12/h3-5,10-11H,2,6-9H2,1H3,(H,18,20,23). The highest BCUT2D eigenvalue weighted by Crippen LogP contribution is 2.19. The van der Waals surface area contributed by atoms with Gasteiger partial charge in [0.25, 0.3) is 5.91 Å². The minimum absolute atomic E-state index is 0.0743. The Kier molecular flexibility index (Phi) is 6.53. The number of likely N-dealkylation sites (tertiary alicyclic amines) is 1. The van der Waals surface area contributed by atoms with E-state index >= 15 is 0 Å². The second kappa shape index (κ2) is 8.40. The molecule has 1 aromatic carbocycles. The maximum Gasteiger partial charge on any atom is 0.309 e. The van der Waals surface area contributed by atoms with Crippen molar-refractivity contribution in [2.45, 2.75) is 19.8 Å². The van der Waals surface area contributed by atoms with Crippen molar-refractivity contribution in [3.8, 4) is 0 Å². The summed E-state index contributed by atoms with van der Waals surface area (Å²) in [5.41, 5.74) is 0.545. The topological polar surface area (TPSA) is 58.6 Å². The lowest BCUT2D eigenvalue weighted by Crippen LogP contribution is -2.47. The van der Waals surface area contributed by atoms with Gasteiger partial charge in [0.15, 0.2) is 5.11 Å². The van der Waals surface area contributed by atoms with E-state index in [1.165, 1.54) is 0 Å². The molecule has 124 valence electrons. The number of nitrogens with one attached hydrogen (secondary N) is 1. The number of thiocarbonyl (C=S) groups is 1. The summed E-state index contributed by atoms with van der Waals surface area (Å²) in [6.07, 6.45) is 1.37. The van der Waals surface area contributed by atoms with Crippen LogP contribution in [0.4, 0.5) is 0 Å². The summed E-state index contributed by atoms with van der Waals surface area (Å²) in [5, 5.41) is 3.14. The molecule has 0 atom stereocenters. The number of amides is 1. The number of benzene rings is 1. The van der Waals surface area contributed by atoms with Crippen molar-refractivity contribution in [2.24, 2.45) is 5.92 Å². The number of piperidine rings is 1. The number of ether oxygens (including phenoxy) is 1. The number of hydrogen-bond acceptors (Lipinski definition) is 4. The molecule has 1 aromatic rings. The van der Waals surface area contributed by atoms with Crippen LogP contribution >= 0.6 is 28.1 Å². The van der Waals surface area contributed by atoms with Crippen molar-refractivity contribution in [3.63, 3.8) is 0 Å². The van der Waals surface area contributed by atoms with E-state index in [0.29, 0.717) is 43.2 Å². The van der Waals surface area contributed by atoms with E-state index in [2.05, 4.69) is 21.2 Å². The number of carbonyl (C=O) groups excluding carboxylic acids is 2. The maximum absolute atomic E-state index is 12.2. The third-order valence-corrected chi connectivity index (χ3v) is 4.56. The first-order valence-corrected chi connectivity index (χ1v) is 8.74. The van der Waals surface area contributed by atoms with Crippen LogP contribution in [0.1, 0.15) is 30.1 Å². The predicted molar refractivity (Wildman–Crippen MR) is 95.1 cm³/mol. The average molecular weight is 399 g/mol. The van der Waals surface area contributed by atoms with E-state index in [1.54, 1.807) is 25.1 Å². The molecule has 1 heterocycles. The number of halogens is 1. The molecule has 1 saturated heterocycles. The summed E-state index contributed by atoms with van der Waals surface area (Å²) in [7, 11) is 0. The fraction of sp³-hybridized carbons (Fsp3) is 0.438. The molecule has 0 radical (unpaired) electrons. The van der Waals surface area contributed by atoms with Crippen molar-refractivity contribution in [3.05, 3.63) is 34.3 Å². The molecular formula is C16H19BrN2O3S. The Bertz CT molecular complexity index is 601. The summed E-state index contributed by atoms with van der Waals surface area (Å²) < 4.78 is 5.89. The van der Waals surface area contributed by atoms with E-state index < -0.39 is 0 Å². The summed E-state index contributed by atoms with van der Waals surface area (Å²) >= 11 is 8.64. The second-order valence-corrected chi connectivity index (χ2v) is 6.59. The van der Waals surface area contributed by atoms with Crippen LogP contribution in [0.3, 0.4) is 0 Å². The molecule has 0 aliphatic carbocycles. The Balaban J connectivity index is 1.85. The quantitative estimate of drug-likeness (QED) is 0.626. The van der Waals surface area contributed by atoms with Crippen LogP contribution in [0, 0.1) is 5.92 Å². The van der Waals surface area contributed by atoms with Gasteiger partial charge in [-0.15, -0.1) is 0 Å². The Morgan fingerprint density at radius 1 is 1.39 bits per heavy atom. The van der Waals surface area contributed by atoms with Crippen molar-refractivity contribution < 1.29 is 14.3 Å². The van der Waals surface area contributed by atoms with E-state index in [-0.39, 0.29) is 17.8 Å². The van der Waals surface area contributed by atoms with Crippen LogP contribution in [0.15, 0.2) is 28.7 Å². The van der Waals surface area contributed by atoms with Gasteiger partial charge < -0.3 is 9.64 Å². The summed E-state index contributed by atoms with van der Waals surface area (Å²) in [6, 6.07) is 7.13. The lowest BCUT2D eigenvalue weighted by molar-refractivity contribution is -0.149. The molecule has 1 amide bonds. The molecule has 0 spiro atoms. The zero-order chi connectivity index (χ0) is 16.8. The van der Waals surface area contributed by atoms with E-state index in [4.69, 9.17) is 17.0 Å². The fourth-order valence-corrected chi connectivity index (χ4v) is 3.13. The number of rotatable bonds is 3. The highest BCUT2D eigenvalue weighted by Gasteiger charge is 2.27. The molecule has 2 rings (SSSR count). The molecule has 1 fully saturated rings. The first-order chi connectivity index (χ1) is 11.0. The van der Waals surface area contributed by atoms with Crippen molar-refractivity contribution >= 4 is 45.1 Å². The van der Waals surface area contributed by atoms with Crippen LogP contribution in [0.2, 0.25) is 0 Å². The molecule has 23 heavy (non-hydrogen) atoms. The van der Waals surface area contributed by atoms with Crippen LogP contribution in [-0.4, -0.2) is 41.6 Å². The predicted octanol–water partition coefficient (Wildman–Crippen LogP) is 2.74. The zero-order valence-corrected chi connectivity index (χ0v) is 15.3. The largest absolute Gasteiger partial charge is 0.466 e. The Labute approximate surface area is 149 Å². The smallest absolute Gasteiger partial charge is 0.309 e. The molecular weight excluding hydrogens is 380 g/mol. The number of hydrogen-bond donors (Lipinski definition) is 1. The van der Waals surface area contributed by atoms with Crippen molar-refractivity contribution in [1.82, 2.24) is 10.2 Å². The molecule has 0 unspecified atom stereocenters. The SMILES string of the molecule is CCOC(=O)C1CCN(C(=S)NC(=O)c2cccc(Br)c2)CC1. The Hall–Kier alpha value is -1.47. The van der Waals surface area contributed by atoms with Gasteiger partial charge in [-0.05, 0) is 50.2 Å². The monoisotopic (exact) mass is 398 g/mol. The van der Waals surface area contributed by atoms with Gasteiger partial charge in [0, 0.05) is 23.1 Å². The van der Waals surface area contributed by atoms with Gasteiger partial charge in [-0.25, -0.2) is 0 Å². The molecule has 0 aromatic heterocycles. The molecule has 0 saturated carbocycles. The normalized spacial score (nSPS) is 15.1. The van der Waals surface area contributed by atoms with Crippen molar-refractivity contribution in [2.75, 3.05) is 19.7 Å². The lowest BCUT2D eigenvalue weighted by Gasteiger charge is -2.32. The van der Waals surface area contributed by atoms with Crippen LogP contribution in [0.5, 0.6) is 0 Å². The Morgan fingerprint density at radius 3 is 2.70 bits per heavy atom. The van der Waals surface area contributed by atoms with E-state index in [9.17, 15) is 9.59 Å². The van der Waals surface area contributed by atoms with Gasteiger partial charge >= 0.3 is 5.97 Å². The molecule has 1 aliphatic rings. The lowest BCUT2D eigenvalue weighted by atomic mass is 9.97. The summed E-state index contributed by atoms with van der Waals surface area (Å²) in [5.74, 6) is -0.449. The molecule has 1 aliphatic heterocycles. The van der Waals surface area contributed by atoms with E-state index in [0.717, 1.165) is 4.47 Å². The summed E-state index contributed by atoms with van der Waals surface area (Å²) in [6.45, 7) is 3.49. The van der Waals surface area contributed by atoms with Crippen LogP contribution in [-0.2, 0) is 9.53 Å².